The number of halogens is 2. The normalized spacial score (nSPS) is 12.9. The summed E-state index contributed by atoms with van der Waals surface area (Å²) in [5.74, 6) is 0.481. The van der Waals surface area contributed by atoms with Crippen LogP contribution in [-0.4, -0.2) is 4.98 Å². The molecule has 1 aliphatic carbocycles. The third-order valence-electron chi connectivity index (χ3n) is 1.73. The first kappa shape index (κ1) is 15.5. The van der Waals surface area contributed by atoms with Crippen molar-refractivity contribution in [1.29, 1.82) is 0 Å². The molecule has 1 aliphatic rings. The van der Waals surface area contributed by atoms with Gasteiger partial charge in [-0.3, -0.25) is 0 Å². The molecule has 0 bridgehead atoms. The third kappa shape index (κ3) is 3.74. The zero-order valence-electron chi connectivity index (χ0n) is 6.87. The van der Waals surface area contributed by atoms with Crippen LogP contribution in [0.25, 0.3) is 0 Å². The van der Waals surface area contributed by atoms with E-state index in [1.54, 1.807) is 0 Å². The number of aromatic amines is 1. The first-order valence-electron chi connectivity index (χ1n) is 3.45. The van der Waals surface area contributed by atoms with Crippen molar-refractivity contribution in [3.05, 3.63) is 48.3 Å². The van der Waals surface area contributed by atoms with Gasteiger partial charge in [-0.25, -0.2) is 0 Å². The molecule has 0 unspecified atom stereocenters. The van der Waals surface area contributed by atoms with Crippen LogP contribution in [0, 0.1) is 0 Å². The van der Waals surface area contributed by atoms with Gasteiger partial charge in [0, 0.05) is 17.8 Å². The molecule has 0 atom stereocenters. The number of nitrogens with one attached hydrogen (secondary N) is 1. The van der Waals surface area contributed by atoms with Crippen LogP contribution in [0.2, 0.25) is 0 Å². The molecular weight excluding hydrogens is 241 g/mol. The fourth-order valence-electron chi connectivity index (χ4n) is 1.19. The number of H-pyrrole nitrogens is 1. The number of hydrogen-bond acceptors (Lipinski definition) is 0. The van der Waals surface area contributed by atoms with Crippen LogP contribution in [0.5, 0.6) is 0 Å². The second-order valence-corrected chi connectivity index (χ2v) is 2.42. The molecule has 0 amide bonds. The molecule has 1 N–H and O–H groups in total. The van der Waals surface area contributed by atoms with Gasteiger partial charge in [0.25, 0.3) is 0 Å². The van der Waals surface area contributed by atoms with E-state index in [1.165, 1.54) is 5.69 Å². The first-order valence-corrected chi connectivity index (χ1v) is 3.45. The molecular formula is C9H9Cl2NTi. The Morgan fingerprint density at radius 3 is 2.15 bits per heavy atom. The summed E-state index contributed by atoms with van der Waals surface area (Å²) in [5, 5.41) is 0. The van der Waals surface area contributed by atoms with Gasteiger partial charge in [-0.05, 0) is 12.1 Å². The minimum atomic E-state index is 0. The van der Waals surface area contributed by atoms with Gasteiger partial charge in [0.2, 0.25) is 0 Å². The van der Waals surface area contributed by atoms with Crippen LogP contribution < -0.4 is 24.8 Å². The SMILES string of the molecule is C1=CC(c2ccc[nH]2)C=C1.[Cl-].[Cl-].[Ti+2]. The summed E-state index contributed by atoms with van der Waals surface area (Å²) in [5.41, 5.74) is 1.27. The number of allylic oxidation sites excluding steroid dienone is 4. The van der Waals surface area contributed by atoms with Crippen molar-refractivity contribution in [2.75, 3.05) is 0 Å². The fraction of sp³-hybridized carbons (Fsp3) is 0.111. The van der Waals surface area contributed by atoms with Gasteiger partial charge in [-0.2, -0.15) is 0 Å². The summed E-state index contributed by atoms with van der Waals surface area (Å²) >= 11 is 0. The van der Waals surface area contributed by atoms with E-state index in [1.807, 2.05) is 12.3 Å². The minimum absolute atomic E-state index is 0. The van der Waals surface area contributed by atoms with Gasteiger partial charge in [0.05, 0.1) is 0 Å². The van der Waals surface area contributed by atoms with E-state index in [9.17, 15) is 0 Å². The molecule has 0 fully saturated rings. The Morgan fingerprint density at radius 1 is 1.08 bits per heavy atom. The maximum absolute atomic E-state index is 3.18. The van der Waals surface area contributed by atoms with E-state index < -0.39 is 0 Å². The molecule has 4 heteroatoms. The number of hydrogen-bond donors (Lipinski definition) is 1. The third-order valence-corrected chi connectivity index (χ3v) is 1.73. The van der Waals surface area contributed by atoms with Gasteiger partial charge >= 0.3 is 21.7 Å². The van der Waals surface area contributed by atoms with Crippen molar-refractivity contribution >= 4 is 0 Å². The van der Waals surface area contributed by atoms with E-state index in [2.05, 4.69) is 35.4 Å². The van der Waals surface area contributed by atoms with Crippen molar-refractivity contribution in [1.82, 2.24) is 4.98 Å². The van der Waals surface area contributed by atoms with Gasteiger partial charge in [0.1, 0.15) is 0 Å². The molecule has 1 aromatic heterocycles. The first-order chi connectivity index (χ1) is 4.97. The Labute approximate surface area is 105 Å². The van der Waals surface area contributed by atoms with Gasteiger partial charge in [-0.15, -0.1) is 0 Å². The maximum atomic E-state index is 3.18. The van der Waals surface area contributed by atoms with Crippen LogP contribution in [0.15, 0.2) is 42.6 Å². The van der Waals surface area contributed by atoms with Crippen LogP contribution in [0.3, 0.4) is 0 Å². The topological polar surface area (TPSA) is 15.8 Å². The number of rotatable bonds is 1. The van der Waals surface area contributed by atoms with Crippen molar-refractivity contribution in [2.45, 2.75) is 5.92 Å². The fourth-order valence-corrected chi connectivity index (χ4v) is 1.19. The van der Waals surface area contributed by atoms with E-state index in [0.717, 1.165) is 0 Å². The minimum Gasteiger partial charge on any atom is -1.00 e. The van der Waals surface area contributed by atoms with Crippen molar-refractivity contribution in [3.63, 3.8) is 0 Å². The predicted octanol–water partition coefficient (Wildman–Crippen LogP) is -3.77. The second kappa shape index (κ2) is 7.46. The van der Waals surface area contributed by atoms with E-state index in [0.29, 0.717) is 5.92 Å². The Balaban J connectivity index is 0. The summed E-state index contributed by atoms with van der Waals surface area (Å²) in [6, 6.07) is 4.12. The standard InChI is InChI=1S/C9H9N.2ClH.Ti/c1-2-5-8(4-1)9-6-3-7-10-9;;;/h1-8,10H;2*1H;/q;;;+2/p-2. The second-order valence-electron chi connectivity index (χ2n) is 2.42. The zero-order chi connectivity index (χ0) is 6.81. The van der Waals surface area contributed by atoms with E-state index >= 15 is 0 Å². The van der Waals surface area contributed by atoms with Crippen LogP contribution in [-0.2, 0) is 21.7 Å². The van der Waals surface area contributed by atoms with Crippen LogP contribution >= 0.6 is 0 Å². The Bertz CT molecular complexity index is 255. The molecule has 0 spiro atoms. The average molecular weight is 250 g/mol. The molecule has 1 nitrogen and oxygen atoms in total. The molecule has 1 heterocycles. The Morgan fingerprint density at radius 2 is 1.69 bits per heavy atom. The summed E-state index contributed by atoms with van der Waals surface area (Å²) in [6.07, 6.45) is 10.4. The van der Waals surface area contributed by atoms with Crippen molar-refractivity contribution < 1.29 is 46.5 Å². The molecule has 2 rings (SSSR count). The summed E-state index contributed by atoms with van der Waals surface area (Å²) < 4.78 is 0. The van der Waals surface area contributed by atoms with Crippen LogP contribution in [0.1, 0.15) is 11.6 Å². The largest absolute Gasteiger partial charge is 2.00 e. The molecule has 0 saturated heterocycles. The van der Waals surface area contributed by atoms with Crippen LogP contribution in [0.4, 0.5) is 0 Å². The van der Waals surface area contributed by atoms with Crippen molar-refractivity contribution in [3.8, 4) is 0 Å². The molecule has 68 valence electrons. The van der Waals surface area contributed by atoms with Gasteiger partial charge in [-0.1, -0.05) is 24.3 Å². The predicted molar refractivity (Wildman–Crippen MR) is 41.8 cm³/mol. The number of aromatic nitrogens is 1. The molecule has 0 radical (unpaired) electrons. The van der Waals surface area contributed by atoms with Gasteiger partial charge in [0.15, 0.2) is 0 Å². The van der Waals surface area contributed by atoms with E-state index in [4.69, 9.17) is 0 Å². The maximum Gasteiger partial charge on any atom is 2.00 e. The molecule has 0 aromatic carbocycles. The smallest absolute Gasteiger partial charge is 1.00 e. The quantitative estimate of drug-likeness (QED) is 0.492. The summed E-state index contributed by atoms with van der Waals surface area (Å²) in [6.45, 7) is 0. The Kier molecular flexibility index (Phi) is 8.90. The average Bonchev–Trinajstić information content (AvgIpc) is 2.59. The summed E-state index contributed by atoms with van der Waals surface area (Å²) in [4.78, 5) is 3.18. The summed E-state index contributed by atoms with van der Waals surface area (Å²) in [7, 11) is 0. The van der Waals surface area contributed by atoms with Crippen molar-refractivity contribution in [2.24, 2.45) is 0 Å². The molecule has 0 aliphatic heterocycles. The molecule has 1 aromatic rings. The molecule has 13 heavy (non-hydrogen) atoms. The zero-order valence-corrected chi connectivity index (χ0v) is 9.95. The van der Waals surface area contributed by atoms with Gasteiger partial charge < -0.3 is 29.8 Å². The van der Waals surface area contributed by atoms with E-state index in [-0.39, 0.29) is 46.5 Å². The Hall–Kier alpha value is 0.0543. The molecule has 0 saturated carbocycles. The monoisotopic (exact) mass is 249 g/mol.